The highest BCUT2D eigenvalue weighted by atomic mass is 32.2. The van der Waals surface area contributed by atoms with E-state index in [-0.39, 0.29) is 5.25 Å². The second kappa shape index (κ2) is 6.69. The Balaban J connectivity index is 2.52. The fourth-order valence-corrected chi connectivity index (χ4v) is 2.34. The summed E-state index contributed by atoms with van der Waals surface area (Å²) in [5.74, 6) is -0.0762. The lowest BCUT2D eigenvalue weighted by Gasteiger charge is -2.09. The van der Waals surface area contributed by atoms with Gasteiger partial charge in [0.15, 0.2) is 0 Å². The normalized spacial score (nSPS) is 14.5. The molecule has 0 spiro atoms. The molecule has 0 aromatic carbocycles. The van der Waals surface area contributed by atoms with Gasteiger partial charge < -0.3 is 5.11 Å². The van der Waals surface area contributed by atoms with Gasteiger partial charge in [0.1, 0.15) is 5.25 Å². The van der Waals surface area contributed by atoms with Crippen molar-refractivity contribution in [2.45, 2.75) is 50.7 Å². The molecular weight excluding hydrogens is 236 g/mol. The van der Waals surface area contributed by atoms with E-state index in [1.54, 1.807) is 0 Å². The van der Waals surface area contributed by atoms with Crippen molar-refractivity contribution < 1.29 is 9.90 Å². The van der Waals surface area contributed by atoms with Crippen molar-refractivity contribution >= 4 is 17.7 Å². The first-order chi connectivity index (χ1) is 8.08. The van der Waals surface area contributed by atoms with E-state index in [1.807, 2.05) is 23.9 Å². The van der Waals surface area contributed by atoms with Gasteiger partial charge in [-0.1, -0.05) is 13.8 Å². The van der Waals surface area contributed by atoms with Crippen LogP contribution in [0.2, 0.25) is 0 Å². The lowest BCUT2D eigenvalue weighted by Crippen LogP contribution is -2.15. The number of hydrogen-bond acceptors (Lipinski definition) is 3. The molecule has 0 aliphatic rings. The second-order valence-electron chi connectivity index (χ2n) is 4.09. The van der Waals surface area contributed by atoms with Crippen molar-refractivity contribution in [3.8, 4) is 0 Å². The molecule has 0 bridgehead atoms. The lowest BCUT2D eigenvalue weighted by atomic mass is 10.3. The molecule has 5 heteroatoms. The third kappa shape index (κ3) is 4.07. The van der Waals surface area contributed by atoms with Crippen molar-refractivity contribution in [2.24, 2.45) is 0 Å². The maximum atomic E-state index is 10.9. The largest absolute Gasteiger partial charge is 0.480 e. The minimum atomic E-state index is -0.737. The summed E-state index contributed by atoms with van der Waals surface area (Å²) in [5.41, 5.74) is 0.954. The van der Waals surface area contributed by atoms with Crippen molar-refractivity contribution in [2.75, 3.05) is 0 Å². The molecule has 17 heavy (non-hydrogen) atoms. The van der Waals surface area contributed by atoms with E-state index in [0.29, 0.717) is 18.2 Å². The van der Waals surface area contributed by atoms with Crippen molar-refractivity contribution in [3.63, 3.8) is 0 Å². The van der Waals surface area contributed by atoms with Crippen LogP contribution in [0.3, 0.4) is 0 Å². The predicted octanol–water partition coefficient (Wildman–Crippen LogP) is 2.95. The van der Waals surface area contributed by atoms with Gasteiger partial charge in [-0.25, -0.2) is 0 Å². The van der Waals surface area contributed by atoms with Gasteiger partial charge in [0.2, 0.25) is 0 Å². The number of aromatic nitrogens is 2. The molecular formula is C12H20N2O2S. The fourth-order valence-electron chi connectivity index (χ4n) is 1.44. The minimum Gasteiger partial charge on any atom is -0.480 e. The standard InChI is InChI=1S/C12H20N2O2S/c1-4-9(3)14-7-6-10(13-14)8-17-11(5-2)12(15)16/h6-7,9,11H,4-5,8H2,1-3H3,(H,15,16). The van der Waals surface area contributed by atoms with Crippen LogP contribution in [0.5, 0.6) is 0 Å². The zero-order valence-electron chi connectivity index (χ0n) is 10.6. The van der Waals surface area contributed by atoms with Crippen LogP contribution in [0.15, 0.2) is 12.3 Å². The van der Waals surface area contributed by atoms with Gasteiger partial charge in [0.05, 0.1) is 5.69 Å². The Morgan fingerprint density at radius 1 is 1.53 bits per heavy atom. The highest BCUT2D eigenvalue weighted by molar-refractivity contribution is 7.99. The summed E-state index contributed by atoms with van der Waals surface area (Å²) in [6.07, 6.45) is 3.65. The number of rotatable bonds is 7. The number of hydrogen-bond donors (Lipinski definition) is 1. The summed E-state index contributed by atoms with van der Waals surface area (Å²) in [5, 5.41) is 13.1. The topological polar surface area (TPSA) is 55.1 Å². The summed E-state index contributed by atoms with van der Waals surface area (Å²) in [7, 11) is 0. The third-order valence-electron chi connectivity index (χ3n) is 2.78. The number of carboxylic acid groups (broad SMARTS) is 1. The monoisotopic (exact) mass is 256 g/mol. The molecule has 1 aromatic rings. The molecule has 0 aliphatic carbocycles. The van der Waals surface area contributed by atoms with E-state index in [4.69, 9.17) is 5.11 Å². The van der Waals surface area contributed by atoms with Crippen LogP contribution >= 0.6 is 11.8 Å². The van der Waals surface area contributed by atoms with Gasteiger partial charge in [0.25, 0.3) is 0 Å². The molecule has 1 heterocycles. The minimum absolute atomic E-state index is 0.330. The summed E-state index contributed by atoms with van der Waals surface area (Å²) in [6.45, 7) is 6.14. The predicted molar refractivity (Wildman–Crippen MR) is 70.2 cm³/mol. The Labute approximate surface area is 106 Å². The number of carboxylic acids is 1. The van der Waals surface area contributed by atoms with Gasteiger partial charge in [-0.2, -0.15) is 5.10 Å². The molecule has 0 saturated heterocycles. The average Bonchev–Trinajstić information content (AvgIpc) is 2.77. The molecule has 1 rings (SSSR count). The number of thioether (sulfide) groups is 1. The van der Waals surface area contributed by atoms with Gasteiger partial charge >= 0.3 is 5.97 Å². The number of nitrogens with zero attached hydrogens (tertiary/aromatic N) is 2. The van der Waals surface area contributed by atoms with Crippen LogP contribution in [-0.4, -0.2) is 26.1 Å². The first-order valence-corrected chi connectivity index (χ1v) is 7.01. The SMILES string of the molecule is CCC(SCc1ccn(C(C)CC)n1)C(=O)O. The second-order valence-corrected chi connectivity index (χ2v) is 5.28. The molecule has 0 fully saturated rings. The van der Waals surface area contributed by atoms with Crippen LogP contribution < -0.4 is 0 Å². The van der Waals surface area contributed by atoms with E-state index < -0.39 is 5.97 Å². The molecule has 0 saturated carbocycles. The molecule has 2 unspecified atom stereocenters. The lowest BCUT2D eigenvalue weighted by molar-refractivity contribution is -0.136. The van der Waals surface area contributed by atoms with E-state index >= 15 is 0 Å². The highest BCUT2D eigenvalue weighted by Gasteiger charge is 2.16. The Morgan fingerprint density at radius 2 is 2.24 bits per heavy atom. The summed E-state index contributed by atoms with van der Waals surface area (Å²) < 4.78 is 1.94. The zero-order valence-corrected chi connectivity index (χ0v) is 11.4. The van der Waals surface area contributed by atoms with Crippen molar-refractivity contribution in [3.05, 3.63) is 18.0 Å². The molecule has 96 valence electrons. The molecule has 0 radical (unpaired) electrons. The smallest absolute Gasteiger partial charge is 0.316 e. The molecule has 0 amide bonds. The van der Waals surface area contributed by atoms with Crippen LogP contribution in [0, 0.1) is 0 Å². The Hall–Kier alpha value is -0.970. The molecule has 1 aromatic heterocycles. The van der Waals surface area contributed by atoms with Gasteiger partial charge in [0, 0.05) is 18.0 Å². The fraction of sp³-hybridized carbons (Fsp3) is 0.667. The first kappa shape index (κ1) is 14.1. The zero-order chi connectivity index (χ0) is 12.8. The molecule has 4 nitrogen and oxygen atoms in total. The third-order valence-corrected chi connectivity index (χ3v) is 4.18. The summed E-state index contributed by atoms with van der Waals surface area (Å²) in [4.78, 5) is 10.9. The highest BCUT2D eigenvalue weighted by Crippen LogP contribution is 2.20. The van der Waals surface area contributed by atoms with Gasteiger partial charge in [-0.3, -0.25) is 9.48 Å². The first-order valence-electron chi connectivity index (χ1n) is 5.96. The van der Waals surface area contributed by atoms with Crippen LogP contribution in [0.4, 0.5) is 0 Å². The summed E-state index contributed by atoms with van der Waals surface area (Å²) in [6, 6.07) is 2.36. The quantitative estimate of drug-likeness (QED) is 0.815. The van der Waals surface area contributed by atoms with Crippen LogP contribution in [-0.2, 0) is 10.5 Å². The Bertz CT molecular complexity index is 365. The maximum absolute atomic E-state index is 10.9. The maximum Gasteiger partial charge on any atom is 0.316 e. The van der Waals surface area contributed by atoms with Crippen molar-refractivity contribution in [1.29, 1.82) is 0 Å². The van der Waals surface area contributed by atoms with Gasteiger partial charge in [-0.05, 0) is 25.8 Å². The number of carbonyl (C=O) groups is 1. The number of aliphatic carboxylic acids is 1. The van der Waals surface area contributed by atoms with Crippen LogP contribution in [0.1, 0.15) is 45.3 Å². The van der Waals surface area contributed by atoms with Crippen molar-refractivity contribution in [1.82, 2.24) is 9.78 Å². The molecule has 1 N–H and O–H groups in total. The molecule has 0 aliphatic heterocycles. The van der Waals surface area contributed by atoms with E-state index in [2.05, 4.69) is 18.9 Å². The van der Waals surface area contributed by atoms with Crippen LogP contribution in [0.25, 0.3) is 0 Å². The van der Waals surface area contributed by atoms with E-state index in [9.17, 15) is 4.79 Å². The Kier molecular flexibility index (Phi) is 5.55. The van der Waals surface area contributed by atoms with E-state index in [1.165, 1.54) is 11.8 Å². The average molecular weight is 256 g/mol. The molecule has 2 atom stereocenters. The Morgan fingerprint density at radius 3 is 2.76 bits per heavy atom. The van der Waals surface area contributed by atoms with E-state index in [0.717, 1.165) is 12.1 Å². The summed E-state index contributed by atoms with van der Waals surface area (Å²) >= 11 is 1.44. The van der Waals surface area contributed by atoms with Gasteiger partial charge in [-0.15, -0.1) is 11.8 Å².